The number of hydrogen-bond acceptors (Lipinski definition) is 3. The van der Waals surface area contributed by atoms with Gasteiger partial charge in [0.1, 0.15) is 5.82 Å². The maximum atomic E-state index is 14.0. The van der Waals surface area contributed by atoms with Gasteiger partial charge in [-0.2, -0.15) is 5.10 Å². The van der Waals surface area contributed by atoms with Gasteiger partial charge in [0, 0.05) is 24.0 Å². The maximum absolute atomic E-state index is 14.0. The molecular formula is C19H21FN4O. The predicted octanol–water partition coefficient (Wildman–Crippen LogP) is 2.52. The Bertz CT molecular complexity index is 888. The van der Waals surface area contributed by atoms with Gasteiger partial charge in [-0.25, -0.2) is 4.39 Å². The Labute approximate surface area is 146 Å². The van der Waals surface area contributed by atoms with Crippen LogP contribution in [-0.2, 0) is 6.54 Å². The van der Waals surface area contributed by atoms with Crippen LogP contribution in [0.25, 0.3) is 10.9 Å². The van der Waals surface area contributed by atoms with E-state index >= 15 is 0 Å². The summed E-state index contributed by atoms with van der Waals surface area (Å²) < 4.78 is 15.6. The number of amides is 1. The van der Waals surface area contributed by atoms with Gasteiger partial charge < -0.3 is 10.2 Å². The summed E-state index contributed by atoms with van der Waals surface area (Å²) in [5.41, 5.74) is 1.71. The van der Waals surface area contributed by atoms with E-state index in [1.807, 2.05) is 43.3 Å². The molecule has 0 aliphatic heterocycles. The number of rotatable bonds is 6. The van der Waals surface area contributed by atoms with E-state index in [0.29, 0.717) is 17.8 Å². The van der Waals surface area contributed by atoms with Crippen molar-refractivity contribution in [2.24, 2.45) is 0 Å². The fourth-order valence-electron chi connectivity index (χ4n) is 2.68. The molecule has 0 aliphatic rings. The van der Waals surface area contributed by atoms with Gasteiger partial charge in [-0.3, -0.25) is 9.48 Å². The number of hydrogen-bond donors (Lipinski definition) is 1. The highest BCUT2D eigenvalue weighted by Crippen LogP contribution is 2.20. The number of benzene rings is 2. The van der Waals surface area contributed by atoms with Gasteiger partial charge in [-0.1, -0.05) is 36.4 Å². The normalized spacial score (nSPS) is 11.2. The van der Waals surface area contributed by atoms with Crippen molar-refractivity contribution in [1.29, 1.82) is 0 Å². The Morgan fingerprint density at radius 3 is 2.64 bits per heavy atom. The number of nitrogens with one attached hydrogen (secondary N) is 1. The molecule has 5 nitrogen and oxygen atoms in total. The van der Waals surface area contributed by atoms with Crippen LogP contribution >= 0.6 is 0 Å². The summed E-state index contributed by atoms with van der Waals surface area (Å²) in [5, 5.41) is 8.09. The van der Waals surface area contributed by atoms with Gasteiger partial charge in [-0.15, -0.1) is 0 Å². The van der Waals surface area contributed by atoms with Crippen LogP contribution in [0.15, 0.2) is 48.5 Å². The number of fused-ring (bicyclic) bond motifs is 1. The number of carbonyl (C=O) groups is 1. The summed E-state index contributed by atoms with van der Waals surface area (Å²) in [6, 6.07) is 14.1. The van der Waals surface area contributed by atoms with Crippen molar-refractivity contribution in [1.82, 2.24) is 20.0 Å². The number of carbonyl (C=O) groups excluding carboxylic acids is 1. The van der Waals surface area contributed by atoms with Crippen molar-refractivity contribution in [3.05, 3.63) is 65.6 Å². The second kappa shape index (κ2) is 7.44. The molecule has 1 amide bonds. The Morgan fingerprint density at radius 1 is 1.16 bits per heavy atom. The minimum absolute atomic E-state index is 0.217. The van der Waals surface area contributed by atoms with Crippen LogP contribution in [0.3, 0.4) is 0 Å². The molecule has 1 aromatic heterocycles. The molecule has 0 radical (unpaired) electrons. The summed E-state index contributed by atoms with van der Waals surface area (Å²) in [7, 11) is 3.90. The molecule has 0 bridgehead atoms. The lowest BCUT2D eigenvalue weighted by atomic mass is 10.2. The number of likely N-dealkylation sites (N-methyl/N-ethyl adjacent to an activating group) is 1. The van der Waals surface area contributed by atoms with Crippen LogP contribution in [-0.4, -0.2) is 47.8 Å². The van der Waals surface area contributed by atoms with Crippen LogP contribution in [0.2, 0.25) is 0 Å². The first kappa shape index (κ1) is 17.1. The highest BCUT2D eigenvalue weighted by Gasteiger charge is 2.17. The minimum atomic E-state index is -0.279. The highest BCUT2D eigenvalue weighted by molar-refractivity contribution is 6.04. The van der Waals surface area contributed by atoms with E-state index in [4.69, 9.17) is 0 Å². The van der Waals surface area contributed by atoms with Crippen LogP contribution in [0.4, 0.5) is 4.39 Å². The molecule has 0 saturated carbocycles. The first-order valence-electron chi connectivity index (χ1n) is 8.18. The predicted molar refractivity (Wildman–Crippen MR) is 96.1 cm³/mol. The van der Waals surface area contributed by atoms with Crippen molar-refractivity contribution in [2.75, 3.05) is 27.2 Å². The van der Waals surface area contributed by atoms with Crippen LogP contribution in [0, 0.1) is 5.82 Å². The van der Waals surface area contributed by atoms with Gasteiger partial charge in [0.2, 0.25) is 0 Å². The quantitative estimate of drug-likeness (QED) is 0.750. The van der Waals surface area contributed by atoms with Gasteiger partial charge in [0.05, 0.1) is 12.1 Å². The smallest absolute Gasteiger partial charge is 0.272 e. The summed E-state index contributed by atoms with van der Waals surface area (Å²) in [4.78, 5) is 14.5. The molecule has 0 saturated heterocycles. The van der Waals surface area contributed by atoms with Gasteiger partial charge >= 0.3 is 0 Å². The van der Waals surface area contributed by atoms with Crippen molar-refractivity contribution in [3.8, 4) is 0 Å². The van der Waals surface area contributed by atoms with E-state index in [-0.39, 0.29) is 18.3 Å². The number of nitrogens with zero attached hydrogens (tertiary/aromatic N) is 3. The topological polar surface area (TPSA) is 50.2 Å². The molecule has 1 heterocycles. The summed E-state index contributed by atoms with van der Waals surface area (Å²) >= 11 is 0. The molecule has 3 aromatic rings. The molecule has 2 aromatic carbocycles. The largest absolute Gasteiger partial charge is 0.349 e. The van der Waals surface area contributed by atoms with Crippen LogP contribution in [0.5, 0.6) is 0 Å². The highest BCUT2D eigenvalue weighted by atomic mass is 19.1. The minimum Gasteiger partial charge on any atom is -0.349 e. The molecule has 0 fully saturated rings. The first-order valence-corrected chi connectivity index (χ1v) is 8.18. The third-order valence-electron chi connectivity index (χ3n) is 4.00. The molecule has 1 N–H and O–H groups in total. The second-order valence-electron chi connectivity index (χ2n) is 6.17. The molecule has 3 rings (SSSR count). The molecule has 6 heteroatoms. The third kappa shape index (κ3) is 3.85. The maximum Gasteiger partial charge on any atom is 0.272 e. The standard InChI is InChI=1S/C19H21FN4O/c1-23(2)12-11-21-19(25)18-15-8-4-6-10-17(15)24(22-18)13-14-7-3-5-9-16(14)20/h3-10H,11-13H2,1-2H3,(H,21,25). The number of para-hydroxylation sites is 1. The van der Waals surface area contributed by atoms with E-state index in [0.717, 1.165) is 17.4 Å². The van der Waals surface area contributed by atoms with E-state index < -0.39 is 0 Å². The third-order valence-corrected chi connectivity index (χ3v) is 4.00. The monoisotopic (exact) mass is 340 g/mol. The zero-order valence-corrected chi connectivity index (χ0v) is 14.4. The van der Waals surface area contributed by atoms with E-state index in [1.165, 1.54) is 6.07 Å². The Kier molecular flexibility index (Phi) is 5.09. The zero-order valence-electron chi connectivity index (χ0n) is 14.4. The van der Waals surface area contributed by atoms with Crippen molar-refractivity contribution < 1.29 is 9.18 Å². The lowest BCUT2D eigenvalue weighted by Gasteiger charge is -2.09. The van der Waals surface area contributed by atoms with E-state index in [2.05, 4.69) is 10.4 Å². The van der Waals surface area contributed by atoms with Gasteiger partial charge in [-0.05, 0) is 26.2 Å². The van der Waals surface area contributed by atoms with Crippen LogP contribution < -0.4 is 5.32 Å². The fraction of sp³-hybridized carbons (Fsp3) is 0.263. The molecule has 0 spiro atoms. The zero-order chi connectivity index (χ0) is 17.8. The molecule has 0 atom stereocenters. The summed E-state index contributed by atoms with van der Waals surface area (Å²) in [6.07, 6.45) is 0. The average Bonchev–Trinajstić information content (AvgIpc) is 2.95. The SMILES string of the molecule is CN(C)CCNC(=O)c1nn(Cc2ccccc2F)c2ccccc12. The van der Waals surface area contributed by atoms with E-state index in [9.17, 15) is 9.18 Å². The Morgan fingerprint density at radius 2 is 1.88 bits per heavy atom. The fourth-order valence-corrected chi connectivity index (χ4v) is 2.68. The molecule has 0 unspecified atom stereocenters. The number of aromatic nitrogens is 2. The van der Waals surface area contributed by atoms with E-state index in [1.54, 1.807) is 22.9 Å². The van der Waals surface area contributed by atoms with Crippen molar-refractivity contribution >= 4 is 16.8 Å². The lowest BCUT2D eigenvalue weighted by molar-refractivity contribution is 0.0947. The summed E-state index contributed by atoms with van der Waals surface area (Å²) in [5.74, 6) is -0.496. The Hall–Kier alpha value is -2.73. The molecular weight excluding hydrogens is 319 g/mol. The molecule has 0 aliphatic carbocycles. The number of halogens is 1. The average molecular weight is 340 g/mol. The van der Waals surface area contributed by atoms with Crippen molar-refractivity contribution in [3.63, 3.8) is 0 Å². The molecule has 25 heavy (non-hydrogen) atoms. The second-order valence-corrected chi connectivity index (χ2v) is 6.17. The molecule has 130 valence electrons. The first-order chi connectivity index (χ1) is 12.1. The van der Waals surface area contributed by atoms with Gasteiger partial charge in [0.25, 0.3) is 5.91 Å². The van der Waals surface area contributed by atoms with Crippen molar-refractivity contribution in [2.45, 2.75) is 6.54 Å². The van der Waals surface area contributed by atoms with Crippen LogP contribution in [0.1, 0.15) is 16.1 Å². The lowest BCUT2D eigenvalue weighted by Crippen LogP contribution is -2.31. The Balaban J connectivity index is 1.90. The van der Waals surface area contributed by atoms with Gasteiger partial charge in [0.15, 0.2) is 5.69 Å². The summed E-state index contributed by atoms with van der Waals surface area (Å²) in [6.45, 7) is 1.57.